The smallest absolute Gasteiger partial charge is 0.273 e. The molecule has 3 aromatic rings. The quantitative estimate of drug-likeness (QED) is 0.138. The molecule has 0 radical (unpaired) electrons. The highest BCUT2D eigenvalue weighted by molar-refractivity contribution is 6.14. The Hall–Kier alpha value is -3.84. The van der Waals surface area contributed by atoms with Crippen molar-refractivity contribution in [2.75, 3.05) is 6.61 Å². The number of carbonyl (C=O) groups is 2. The van der Waals surface area contributed by atoms with Crippen molar-refractivity contribution in [1.82, 2.24) is 25.4 Å². The van der Waals surface area contributed by atoms with Crippen LogP contribution >= 0.6 is 0 Å². The Bertz CT molecular complexity index is 1150. The molecule has 3 heterocycles. The molecule has 0 unspecified atom stereocenters. The molecule has 0 spiro atoms. The summed E-state index contributed by atoms with van der Waals surface area (Å²) in [6, 6.07) is 6.11. The van der Waals surface area contributed by atoms with Crippen LogP contribution in [0.3, 0.4) is 0 Å². The minimum Gasteiger partial charge on any atom is -0.394 e. The molecule has 12 heteroatoms. The average Bonchev–Trinajstić information content (AvgIpc) is 3.36. The van der Waals surface area contributed by atoms with Crippen molar-refractivity contribution in [2.45, 2.75) is 25.2 Å². The van der Waals surface area contributed by atoms with E-state index in [4.69, 9.17) is 5.11 Å². The Morgan fingerprint density at radius 2 is 1.88 bits per heavy atom. The number of amides is 1. The van der Waals surface area contributed by atoms with Crippen LogP contribution in [0.2, 0.25) is 0 Å². The van der Waals surface area contributed by atoms with Gasteiger partial charge < -0.3 is 25.4 Å². The summed E-state index contributed by atoms with van der Waals surface area (Å²) in [7, 11) is 0. The van der Waals surface area contributed by atoms with Crippen LogP contribution in [0.1, 0.15) is 51.0 Å². The van der Waals surface area contributed by atoms with E-state index in [1.165, 1.54) is 43.8 Å². The molecule has 33 heavy (non-hydrogen) atoms. The number of imidazole rings is 1. The van der Waals surface area contributed by atoms with E-state index in [2.05, 4.69) is 30.5 Å². The number of pyridine rings is 2. The number of aromatic nitrogens is 4. The van der Waals surface area contributed by atoms with Crippen molar-refractivity contribution < 1.29 is 30.0 Å². The Labute approximate surface area is 187 Å². The molecule has 3 aromatic heterocycles. The molecule has 1 amide bonds. The van der Waals surface area contributed by atoms with Gasteiger partial charge in [-0.25, -0.2) is 10.4 Å². The lowest BCUT2D eigenvalue weighted by Crippen LogP contribution is -2.34. The van der Waals surface area contributed by atoms with Gasteiger partial charge in [-0.1, -0.05) is 0 Å². The Morgan fingerprint density at radius 1 is 1.12 bits per heavy atom. The molecule has 3 atom stereocenters. The van der Waals surface area contributed by atoms with E-state index in [-0.39, 0.29) is 34.1 Å². The summed E-state index contributed by atoms with van der Waals surface area (Å²) >= 11 is 0. The molecule has 0 saturated carbocycles. The maximum Gasteiger partial charge on any atom is 0.273 e. The maximum absolute atomic E-state index is 12.7. The number of nitrogens with one attached hydrogen (secondary N) is 2. The van der Waals surface area contributed by atoms with Gasteiger partial charge in [-0.15, -0.1) is 0 Å². The van der Waals surface area contributed by atoms with Gasteiger partial charge in [0.2, 0.25) is 5.78 Å². The number of nitrogens with zero attached hydrogens (tertiary/aromatic N) is 4. The summed E-state index contributed by atoms with van der Waals surface area (Å²) in [5.41, 5.74) is 2.86. The summed E-state index contributed by atoms with van der Waals surface area (Å²) in [6.07, 6.45) is 0.805. The number of hydrogen-bond acceptors (Lipinski definition) is 10. The summed E-state index contributed by atoms with van der Waals surface area (Å²) in [4.78, 5) is 40.0. The van der Waals surface area contributed by atoms with Crippen LogP contribution in [-0.2, 0) is 0 Å². The molecular formula is C21H22N6O6. The zero-order chi connectivity index (χ0) is 24.0. The van der Waals surface area contributed by atoms with Crippen molar-refractivity contribution in [1.29, 1.82) is 0 Å². The first-order valence-electron chi connectivity index (χ1n) is 9.78. The highest BCUT2D eigenvalue weighted by Gasteiger charge is 2.27. The zero-order valence-electron chi connectivity index (χ0n) is 17.5. The van der Waals surface area contributed by atoms with Crippen molar-refractivity contribution in [3.63, 3.8) is 0 Å². The molecule has 6 N–H and O–H groups in total. The fourth-order valence-corrected chi connectivity index (χ4v) is 2.82. The second-order valence-electron chi connectivity index (χ2n) is 6.98. The molecule has 0 aliphatic rings. The van der Waals surface area contributed by atoms with Crippen molar-refractivity contribution in [2.24, 2.45) is 5.10 Å². The molecule has 12 nitrogen and oxygen atoms in total. The van der Waals surface area contributed by atoms with Crippen LogP contribution in [0.25, 0.3) is 0 Å². The number of ketones is 1. The molecule has 0 fully saturated rings. The second-order valence-corrected chi connectivity index (χ2v) is 6.98. The number of rotatable bonds is 9. The summed E-state index contributed by atoms with van der Waals surface area (Å²) in [6.45, 7) is 0.796. The summed E-state index contributed by atoms with van der Waals surface area (Å²) in [5, 5.41) is 42.2. The second kappa shape index (κ2) is 10.7. The van der Waals surface area contributed by atoms with Gasteiger partial charge in [-0.3, -0.25) is 19.6 Å². The topological polar surface area (TPSA) is 194 Å². The van der Waals surface area contributed by atoms with Gasteiger partial charge in [-0.2, -0.15) is 5.10 Å². The Kier molecular flexibility index (Phi) is 7.69. The van der Waals surface area contributed by atoms with E-state index in [0.717, 1.165) is 0 Å². The lowest BCUT2D eigenvalue weighted by atomic mass is 10.0. The SMILES string of the molecule is C/C(=N\NC(=O)c1cccnc1C(=O)c1cccnc1)c1ncc([C@@H](O)[C@H](O)[C@H](O)CO)[nH]1. The molecular weight excluding hydrogens is 432 g/mol. The lowest BCUT2D eigenvalue weighted by molar-refractivity contribution is -0.0788. The normalized spacial score (nSPS) is 14.4. The highest BCUT2D eigenvalue weighted by Crippen LogP contribution is 2.17. The first kappa shape index (κ1) is 23.8. The molecule has 3 rings (SSSR count). The van der Waals surface area contributed by atoms with E-state index in [1.54, 1.807) is 12.1 Å². The maximum atomic E-state index is 12.7. The van der Waals surface area contributed by atoms with Crippen molar-refractivity contribution in [3.8, 4) is 0 Å². The molecule has 0 bridgehead atoms. The van der Waals surface area contributed by atoms with E-state index in [1.807, 2.05) is 0 Å². The number of aliphatic hydroxyl groups is 4. The van der Waals surface area contributed by atoms with Gasteiger partial charge in [0.25, 0.3) is 5.91 Å². The minimum absolute atomic E-state index is 0.0135. The summed E-state index contributed by atoms with van der Waals surface area (Å²) < 4.78 is 0. The third-order valence-electron chi connectivity index (χ3n) is 4.68. The molecule has 0 aliphatic carbocycles. The van der Waals surface area contributed by atoms with Crippen LogP contribution in [0, 0.1) is 0 Å². The first-order valence-corrected chi connectivity index (χ1v) is 9.78. The Balaban J connectivity index is 1.74. The van der Waals surface area contributed by atoms with Crippen molar-refractivity contribution in [3.05, 3.63) is 77.4 Å². The van der Waals surface area contributed by atoms with Gasteiger partial charge in [0, 0.05) is 24.2 Å². The number of aliphatic hydroxyl groups excluding tert-OH is 4. The largest absolute Gasteiger partial charge is 0.394 e. The van der Waals surface area contributed by atoms with Gasteiger partial charge in [-0.05, 0) is 31.2 Å². The fourth-order valence-electron chi connectivity index (χ4n) is 2.82. The number of aromatic amines is 1. The van der Waals surface area contributed by atoms with E-state index >= 15 is 0 Å². The predicted octanol–water partition coefficient (Wildman–Crippen LogP) is -0.668. The van der Waals surface area contributed by atoms with Gasteiger partial charge in [0.05, 0.1) is 24.1 Å². The Morgan fingerprint density at radius 3 is 2.58 bits per heavy atom. The van der Waals surface area contributed by atoms with E-state index in [0.29, 0.717) is 0 Å². The average molecular weight is 454 g/mol. The summed E-state index contributed by atoms with van der Waals surface area (Å²) in [5.74, 6) is -0.973. The monoisotopic (exact) mass is 454 g/mol. The minimum atomic E-state index is -1.64. The highest BCUT2D eigenvalue weighted by atomic mass is 16.4. The van der Waals surface area contributed by atoms with E-state index in [9.17, 15) is 24.9 Å². The van der Waals surface area contributed by atoms with E-state index < -0.39 is 36.6 Å². The number of H-pyrrole nitrogens is 1. The van der Waals surface area contributed by atoms with Crippen LogP contribution in [-0.4, -0.2) is 76.6 Å². The lowest BCUT2D eigenvalue weighted by Gasteiger charge is -2.20. The number of carbonyl (C=O) groups excluding carboxylic acids is 2. The van der Waals surface area contributed by atoms with Gasteiger partial charge in [0.1, 0.15) is 29.7 Å². The van der Waals surface area contributed by atoms with Crippen LogP contribution in [0.5, 0.6) is 0 Å². The van der Waals surface area contributed by atoms with Crippen LogP contribution in [0.4, 0.5) is 0 Å². The van der Waals surface area contributed by atoms with Gasteiger partial charge >= 0.3 is 0 Å². The van der Waals surface area contributed by atoms with Crippen LogP contribution < -0.4 is 5.43 Å². The fraction of sp³-hybridized carbons (Fsp3) is 0.238. The zero-order valence-corrected chi connectivity index (χ0v) is 17.5. The number of hydrogen-bond donors (Lipinski definition) is 6. The molecule has 0 saturated heterocycles. The molecule has 0 aliphatic heterocycles. The van der Waals surface area contributed by atoms with Crippen LogP contribution in [0.15, 0.2) is 54.2 Å². The first-order chi connectivity index (χ1) is 15.8. The molecule has 0 aromatic carbocycles. The third-order valence-corrected chi connectivity index (χ3v) is 4.68. The number of hydrazone groups is 1. The third kappa shape index (κ3) is 5.51. The molecule has 172 valence electrons. The van der Waals surface area contributed by atoms with Gasteiger partial charge in [0.15, 0.2) is 5.82 Å². The predicted molar refractivity (Wildman–Crippen MR) is 114 cm³/mol. The standard InChI is InChI=1S/C21H22N6O6/c1-11(20-24-9-14(25-20)18(31)19(32)15(29)10-28)26-27-21(33)13-5-3-7-23-16(13)17(30)12-4-2-6-22-8-12/h2-9,15,18-19,28-29,31-32H,10H2,1H3,(H,24,25)(H,27,33)/b26-11+/t15-,18-,19-/m1/s1. The van der Waals surface area contributed by atoms with Crippen molar-refractivity contribution >= 4 is 17.4 Å².